The molecule has 0 saturated carbocycles. The molecule has 2 aromatic rings. The average molecular weight is 349 g/mol. The number of aromatic nitrogens is 1. The molecule has 1 amide bonds. The van der Waals surface area contributed by atoms with Crippen LogP contribution in [0.15, 0.2) is 41.3 Å². The number of hydrogen-bond acceptors (Lipinski definition) is 2. The summed E-state index contributed by atoms with van der Waals surface area (Å²) in [4.78, 5) is 23.5. The SMILES string of the molecule is O=C(Cn1cccc(C(F)(F)F)c1=O)Nc1ccc(Cl)cc1F. The Bertz CT molecular complexity index is 802. The molecule has 0 aliphatic heterocycles. The molecule has 0 saturated heterocycles. The molecule has 0 spiro atoms. The molecule has 23 heavy (non-hydrogen) atoms. The molecule has 2 rings (SSSR count). The number of pyridine rings is 1. The van der Waals surface area contributed by atoms with Gasteiger partial charge in [-0.3, -0.25) is 9.59 Å². The number of carbonyl (C=O) groups is 1. The summed E-state index contributed by atoms with van der Waals surface area (Å²) in [5.74, 6) is -1.66. The Labute approximate surface area is 132 Å². The van der Waals surface area contributed by atoms with Crippen molar-refractivity contribution in [1.82, 2.24) is 4.57 Å². The van der Waals surface area contributed by atoms with Gasteiger partial charge in [0.05, 0.1) is 5.69 Å². The standard InChI is InChI=1S/C14H9ClF4N2O2/c15-8-3-4-11(10(16)6-8)20-12(22)7-21-5-1-2-9(13(21)23)14(17,18)19/h1-6H,7H2,(H,20,22). The maximum atomic E-state index is 13.5. The van der Waals surface area contributed by atoms with Gasteiger partial charge in [-0.05, 0) is 30.3 Å². The molecule has 1 aromatic heterocycles. The highest BCUT2D eigenvalue weighted by Crippen LogP contribution is 2.26. The van der Waals surface area contributed by atoms with E-state index in [0.717, 1.165) is 18.3 Å². The summed E-state index contributed by atoms with van der Waals surface area (Å²) in [7, 11) is 0. The smallest absolute Gasteiger partial charge is 0.322 e. The minimum absolute atomic E-state index is 0.120. The van der Waals surface area contributed by atoms with E-state index in [2.05, 4.69) is 5.32 Å². The zero-order valence-electron chi connectivity index (χ0n) is 11.3. The first-order valence-electron chi connectivity index (χ1n) is 6.20. The van der Waals surface area contributed by atoms with E-state index >= 15 is 0 Å². The Morgan fingerprint density at radius 1 is 1.26 bits per heavy atom. The molecular formula is C14H9ClF4N2O2. The fraction of sp³-hybridized carbons (Fsp3) is 0.143. The number of rotatable bonds is 3. The molecule has 1 aromatic carbocycles. The largest absolute Gasteiger partial charge is 0.421 e. The number of carbonyl (C=O) groups excluding carboxylic acids is 1. The molecule has 0 aliphatic carbocycles. The Balaban J connectivity index is 2.20. The minimum atomic E-state index is -4.82. The van der Waals surface area contributed by atoms with Gasteiger partial charge in [0.2, 0.25) is 5.91 Å². The molecule has 0 aliphatic rings. The summed E-state index contributed by atoms with van der Waals surface area (Å²) >= 11 is 5.56. The number of hydrogen-bond donors (Lipinski definition) is 1. The van der Waals surface area contributed by atoms with Crippen molar-refractivity contribution in [2.45, 2.75) is 12.7 Å². The van der Waals surface area contributed by atoms with Crippen LogP contribution in [-0.4, -0.2) is 10.5 Å². The Morgan fingerprint density at radius 3 is 2.57 bits per heavy atom. The summed E-state index contributed by atoms with van der Waals surface area (Å²) in [5.41, 5.74) is -2.93. The summed E-state index contributed by atoms with van der Waals surface area (Å²) in [6.45, 7) is -0.690. The predicted octanol–water partition coefficient (Wildman–Crippen LogP) is 3.30. The predicted molar refractivity (Wildman–Crippen MR) is 75.7 cm³/mol. The zero-order valence-corrected chi connectivity index (χ0v) is 12.1. The van der Waals surface area contributed by atoms with Crippen molar-refractivity contribution in [3.05, 3.63) is 63.3 Å². The van der Waals surface area contributed by atoms with Crippen LogP contribution in [0.1, 0.15) is 5.56 Å². The van der Waals surface area contributed by atoms with Crippen molar-refractivity contribution >= 4 is 23.2 Å². The van der Waals surface area contributed by atoms with Gasteiger partial charge in [-0.1, -0.05) is 11.6 Å². The Morgan fingerprint density at radius 2 is 1.96 bits per heavy atom. The number of nitrogens with zero attached hydrogens (tertiary/aromatic N) is 1. The summed E-state index contributed by atoms with van der Waals surface area (Å²) in [6, 6.07) is 5.12. The highest BCUT2D eigenvalue weighted by molar-refractivity contribution is 6.30. The van der Waals surface area contributed by atoms with Crippen LogP contribution in [0.4, 0.5) is 23.2 Å². The monoisotopic (exact) mass is 348 g/mol. The fourth-order valence-corrected chi connectivity index (χ4v) is 1.97. The first-order chi connectivity index (χ1) is 10.7. The molecule has 122 valence electrons. The van der Waals surface area contributed by atoms with Crippen LogP contribution in [-0.2, 0) is 17.5 Å². The van der Waals surface area contributed by atoms with E-state index in [1.165, 1.54) is 12.1 Å². The molecule has 0 bridgehead atoms. The van der Waals surface area contributed by atoms with Gasteiger partial charge in [0, 0.05) is 11.2 Å². The molecule has 0 radical (unpaired) electrons. The topological polar surface area (TPSA) is 51.1 Å². The van der Waals surface area contributed by atoms with Gasteiger partial charge >= 0.3 is 6.18 Å². The van der Waals surface area contributed by atoms with Crippen LogP contribution in [0.3, 0.4) is 0 Å². The highest BCUT2D eigenvalue weighted by atomic mass is 35.5. The van der Waals surface area contributed by atoms with Crippen LogP contribution in [0.5, 0.6) is 0 Å². The van der Waals surface area contributed by atoms with Gasteiger partial charge < -0.3 is 9.88 Å². The van der Waals surface area contributed by atoms with Crippen molar-refractivity contribution in [3.63, 3.8) is 0 Å². The van der Waals surface area contributed by atoms with Crippen molar-refractivity contribution in [2.24, 2.45) is 0 Å². The van der Waals surface area contributed by atoms with Gasteiger partial charge in [0.15, 0.2) is 0 Å². The lowest BCUT2D eigenvalue weighted by Gasteiger charge is -2.11. The van der Waals surface area contributed by atoms with Crippen molar-refractivity contribution in [3.8, 4) is 0 Å². The van der Waals surface area contributed by atoms with E-state index < -0.39 is 35.6 Å². The lowest BCUT2D eigenvalue weighted by molar-refractivity contribution is -0.139. The quantitative estimate of drug-likeness (QED) is 0.865. The number of anilines is 1. The normalized spacial score (nSPS) is 11.3. The lowest BCUT2D eigenvalue weighted by Crippen LogP contribution is -2.32. The second-order valence-corrected chi connectivity index (χ2v) is 4.96. The third kappa shape index (κ3) is 4.10. The number of benzene rings is 1. The molecule has 9 heteroatoms. The Hall–Kier alpha value is -2.35. The van der Waals surface area contributed by atoms with Crippen LogP contribution in [0.2, 0.25) is 5.02 Å². The van der Waals surface area contributed by atoms with E-state index in [9.17, 15) is 27.2 Å². The van der Waals surface area contributed by atoms with Crippen molar-refractivity contribution in [2.75, 3.05) is 5.32 Å². The van der Waals surface area contributed by atoms with Gasteiger partial charge in [0.1, 0.15) is 17.9 Å². The van der Waals surface area contributed by atoms with Crippen LogP contribution in [0.25, 0.3) is 0 Å². The second-order valence-electron chi connectivity index (χ2n) is 4.53. The molecule has 1 heterocycles. The number of nitrogens with one attached hydrogen (secondary N) is 1. The molecule has 0 fully saturated rings. The minimum Gasteiger partial charge on any atom is -0.322 e. The van der Waals surface area contributed by atoms with E-state index in [-0.39, 0.29) is 10.7 Å². The Kier molecular flexibility index (Phi) is 4.74. The fourth-order valence-electron chi connectivity index (χ4n) is 1.81. The number of alkyl halides is 3. The molecule has 4 nitrogen and oxygen atoms in total. The van der Waals surface area contributed by atoms with Crippen molar-refractivity contribution in [1.29, 1.82) is 0 Å². The third-order valence-electron chi connectivity index (χ3n) is 2.84. The average Bonchev–Trinajstić information content (AvgIpc) is 2.43. The lowest BCUT2D eigenvalue weighted by atomic mass is 10.2. The third-order valence-corrected chi connectivity index (χ3v) is 3.08. The number of halogens is 5. The molecule has 0 atom stereocenters. The summed E-state index contributed by atoms with van der Waals surface area (Å²) in [6.07, 6.45) is -3.78. The van der Waals surface area contributed by atoms with Crippen LogP contribution >= 0.6 is 11.6 Å². The van der Waals surface area contributed by atoms with Gasteiger partial charge in [-0.15, -0.1) is 0 Å². The maximum Gasteiger partial charge on any atom is 0.421 e. The van der Waals surface area contributed by atoms with E-state index in [1.54, 1.807) is 0 Å². The second kappa shape index (κ2) is 6.41. The van der Waals surface area contributed by atoms with Crippen LogP contribution in [0, 0.1) is 5.82 Å². The van der Waals surface area contributed by atoms with E-state index in [4.69, 9.17) is 11.6 Å². The molecular weight excluding hydrogens is 340 g/mol. The van der Waals surface area contributed by atoms with Crippen LogP contribution < -0.4 is 10.9 Å². The van der Waals surface area contributed by atoms with E-state index in [1.807, 2.05) is 0 Å². The van der Waals surface area contributed by atoms with Gasteiger partial charge in [-0.25, -0.2) is 4.39 Å². The highest BCUT2D eigenvalue weighted by Gasteiger charge is 2.34. The summed E-state index contributed by atoms with van der Waals surface area (Å²) in [5, 5.41) is 2.28. The van der Waals surface area contributed by atoms with E-state index in [0.29, 0.717) is 10.6 Å². The summed E-state index contributed by atoms with van der Waals surface area (Å²) < 4.78 is 52.0. The zero-order chi connectivity index (χ0) is 17.2. The molecule has 1 N–H and O–H groups in total. The first kappa shape index (κ1) is 17.0. The maximum absolute atomic E-state index is 13.5. The van der Waals surface area contributed by atoms with Gasteiger partial charge in [-0.2, -0.15) is 13.2 Å². The van der Waals surface area contributed by atoms with Gasteiger partial charge in [0.25, 0.3) is 5.56 Å². The number of amides is 1. The first-order valence-corrected chi connectivity index (χ1v) is 6.58. The molecule has 0 unspecified atom stereocenters. The van der Waals surface area contributed by atoms with Crippen molar-refractivity contribution < 1.29 is 22.4 Å².